The molecule has 2 N–H and O–H groups in total. The van der Waals surface area contributed by atoms with Gasteiger partial charge in [0.25, 0.3) is 0 Å². The Kier molecular flexibility index (Phi) is 5.23. The lowest BCUT2D eigenvalue weighted by molar-refractivity contribution is 0.193. The maximum absolute atomic E-state index is 13.6. The Morgan fingerprint density at radius 1 is 1.16 bits per heavy atom. The van der Waals surface area contributed by atoms with E-state index in [1.807, 2.05) is 36.4 Å². The molecule has 3 aromatic carbocycles. The van der Waals surface area contributed by atoms with E-state index in [0.29, 0.717) is 29.4 Å². The molecule has 5 nitrogen and oxygen atoms in total. The molecule has 0 saturated carbocycles. The van der Waals surface area contributed by atoms with Crippen LogP contribution in [0.15, 0.2) is 66.7 Å². The van der Waals surface area contributed by atoms with E-state index < -0.39 is 6.04 Å². The lowest BCUT2D eigenvalue weighted by Gasteiger charge is -2.36. The Morgan fingerprint density at radius 3 is 2.75 bits per heavy atom. The smallest absolute Gasteiger partial charge is 0.322 e. The fraction of sp³-hybridized carbons (Fsp3) is 0.160. The van der Waals surface area contributed by atoms with Gasteiger partial charge in [-0.3, -0.25) is 0 Å². The van der Waals surface area contributed by atoms with Crippen LogP contribution in [0.1, 0.15) is 22.9 Å². The number of aromatic nitrogens is 1. The molecule has 1 aromatic heterocycles. The number of halogens is 2. The molecule has 5 rings (SSSR count). The standard InChI is InChI=1S/C25H21ClFN3O2/c1-32-19-4-2-3-18(14-19)28-25(31)30-12-11-20-21-13-16(26)7-10-22(21)29-23(20)24(30)15-5-8-17(27)9-6-15/h2-10,13-14,24,29H,11-12H2,1H3,(H,28,31)/t24-/m0/s1. The van der Waals surface area contributed by atoms with E-state index in [2.05, 4.69) is 10.3 Å². The Balaban J connectivity index is 1.56. The second-order valence-corrected chi connectivity index (χ2v) is 8.20. The van der Waals surface area contributed by atoms with Gasteiger partial charge in [-0.2, -0.15) is 0 Å². The third-order valence-corrected chi connectivity index (χ3v) is 6.09. The predicted octanol–water partition coefficient (Wildman–Crippen LogP) is 6.15. The summed E-state index contributed by atoms with van der Waals surface area (Å²) in [5.41, 5.74) is 4.47. The number of ether oxygens (including phenoxy) is 1. The zero-order chi connectivity index (χ0) is 22.2. The zero-order valence-corrected chi connectivity index (χ0v) is 18.1. The number of rotatable bonds is 3. The summed E-state index contributed by atoms with van der Waals surface area (Å²) in [6.45, 7) is 0.504. The second-order valence-electron chi connectivity index (χ2n) is 7.77. The van der Waals surface area contributed by atoms with Gasteiger partial charge in [0.15, 0.2) is 0 Å². The van der Waals surface area contributed by atoms with Crippen LogP contribution in [0, 0.1) is 5.82 Å². The maximum Gasteiger partial charge on any atom is 0.322 e. The molecule has 162 valence electrons. The quantitative estimate of drug-likeness (QED) is 0.394. The van der Waals surface area contributed by atoms with E-state index in [4.69, 9.17) is 16.3 Å². The topological polar surface area (TPSA) is 57.4 Å². The van der Waals surface area contributed by atoms with Crippen molar-refractivity contribution >= 4 is 34.2 Å². The van der Waals surface area contributed by atoms with Crippen LogP contribution in [-0.4, -0.2) is 29.6 Å². The number of fused-ring (bicyclic) bond motifs is 3. The van der Waals surface area contributed by atoms with Crippen molar-refractivity contribution in [3.63, 3.8) is 0 Å². The number of nitrogens with zero attached hydrogens (tertiary/aromatic N) is 1. The molecule has 1 aliphatic heterocycles. The molecule has 4 aromatic rings. The number of amides is 2. The monoisotopic (exact) mass is 449 g/mol. The average Bonchev–Trinajstić information content (AvgIpc) is 3.17. The summed E-state index contributed by atoms with van der Waals surface area (Å²) in [6, 6.07) is 18.6. The SMILES string of the molecule is COc1cccc(NC(=O)N2CCc3c([nH]c4ccc(Cl)cc34)[C@@H]2c2ccc(F)cc2)c1. The summed E-state index contributed by atoms with van der Waals surface area (Å²) in [5.74, 6) is 0.340. The lowest BCUT2D eigenvalue weighted by atomic mass is 9.92. The van der Waals surface area contributed by atoms with E-state index in [9.17, 15) is 9.18 Å². The van der Waals surface area contributed by atoms with Crippen LogP contribution < -0.4 is 10.1 Å². The molecule has 0 radical (unpaired) electrons. The normalized spacial score (nSPS) is 15.5. The molecule has 2 heterocycles. The van der Waals surface area contributed by atoms with Gasteiger partial charge in [-0.05, 0) is 60.0 Å². The van der Waals surface area contributed by atoms with Crippen molar-refractivity contribution in [2.45, 2.75) is 12.5 Å². The van der Waals surface area contributed by atoms with Gasteiger partial charge in [-0.15, -0.1) is 0 Å². The summed E-state index contributed by atoms with van der Waals surface area (Å²) in [7, 11) is 1.58. The minimum atomic E-state index is -0.392. The first-order valence-corrected chi connectivity index (χ1v) is 10.7. The van der Waals surface area contributed by atoms with Crippen LogP contribution in [0.5, 0.6) is 5.75 Å². The lowest BCUT2D eigenvalue weighted by Crippen LogP contribution is -2.43. The number of urea groups is 1. The van der Waals surface area contributed by atoms with E-state index >= 15 is 0 Å². The van der Waals surface area contributed by atoms with Crippen molar-refractivity contribution < 1.29 is 13.9 Å². The number of aromatic amines is 1. The van der Waals surface area contributed by atoms with Gasteiger partial charge >= 0.3 is 6.03 Å². The van der Waals surface area contributed by atoms with Crippen molar-refractivity contribution in [1.82, 2.24) is 9.88 Å². The Bertz CT molecular complexity index is 1300. The van der Waals surface area contributed by atoms with Crippen molar-refractivity contribution in [1.29, 1.82) is 0 Å². The molecular weight excluding hydrogens is 429 g/mol. The minimum absolute atomic E-state index is 0.241. The molecule has 32 heavy (non-hydrogen) atoms. The van der Waals surface area contributed by atoms with Crippen LogP contribution in [0.2, 0.25) is 5.02 Å². The van der Waals surface area contributed by atoms with E-state index in [1.54, 1.807) is 30.2 Å². The molecule has 0 fully saturated rings. The molecule has 2 amide bonds. The highest BCUT2D eigenvalue weighted by Gasteiger charge is 2.34. The highest BCUT2D eigenvalue weighted by atomic mass is 35.5. The van der Waals surface area contributed by atoms with Gasteiger partial charge in [-0.25, -0.2) is 9.18 Å². The fourth-order valence-electron chi connectivity index (χ4n) is 4.37. The summed E-state index contributed by atoms with van der Waals surface area (Å²) >= 11 is 6.24. The molecule has 0 saturated heterocycles. The predicted molar refractivity (Wildman–Crippen MR) is 124 cm³/mol. The van der Waals surface area contributed by atoms with Crippen LogP contribution in [0.25, 0.3) is 10.9 Å². The third-order valence-electron chi connectivity index (χ3n) is 5.86. The Morgan fingerprint density at radius 2 is 1.97 bits per heavy atom. The Hall–Kier alpha value is -3.51. The minimum Gasteiger partial charge on any atom is -0.497 e. The summed E-state index contributed by atoms with van der Waals surface area (Å²) < 4.78 is 18.9. The van der Waals surface area contributed by atoms with Crippen LogP contribution in [-0.2, 0) is 6.42 Å². The highest BCUT2D eigenvalue weighted by Crippen LogP contribution is 2.39. The molecule has 0 bridgehead atoms. The first-order valence-electron chi connectivity index (χ1n) is 10.3. The molecule has 0 spiro atoms. The number of anilines is 1. The number of nitrogens with one attached hydrogen (secondary N) is 2. The second kappa shape index (κ2) is 8.20. The number of methoxy groups -OCH3 is 1. The van der Waals surface area contributed by atoms with Crippen molar-refractivity contribution in [3.8, 4) is 5.75 Å². The molecule has 0 aliphatic carbocycles. The van der Waals surface area contributed by atoms with Gasteiger partial charge in [0.1, 0.15) is 11.6 Å². The van der Waals surface area contributed by atoms with Gasteiger partial charge in [-0.1, -0.05) is 29.8 Å². The number of hydrogen-bond acceptors (Lipinski definition) is 2. The highest BCUT2D eigenvalue weighted by molar-refractivity contribution is 6.31. The number of H-pyrrole nitrogens is 1. The summed E-state index contributed by atoms with van der Waals surface area (Å²) in [6.07, 6.45) is 0.679. The van der Waals surface area contributed by atoms with Crippen LogP contribution in [0.4, 0.5) is 14.9 Å². The van der Waals surface area contributed by atoms with E-state index in [1.165, 1.54) is 12.1 Å². The summed E-state index contributed by atoms with van der Waals surface area (Å²) in [5, 5.41) is 4.68. The van der Waals surface area contributed by atoms with Crippen molar-refractivity contribution in [2.75, 3.05) is 19.0 Å². The zero-order valence-electron chi connectivity index (χ0n) is 17.4. The molecule has 1 aliphatic rings. The van der Waals surface area contributed by atoms with Crippen LogP contribution in [0.3, 0.4) is 0 Å². The average molecular weight is 450 g/mol. The number of hydrogen-bond donors (Lipinski definition) is 2. The third kappa shape index (κ3) is 3.67. The van der Waals surface area contributed by atoms with Crippen molar-refractivity contribution in [3.05, 3.63) is 94.4 Å². The first kappa shape index (κ1) is 20.4. The largest absolute Gasteiger partial charge is 0.497 e. The first-order chi connectivity index (χ1) is 15.5. The van der Waals surface area contributed by atoms with Crippen molar-refractivity contribution in [2.24, 2.45) is 0 Å². The number of carbonyl (C=O) groups excluding carboxylic acids is 1. The number of benzene rings is 3. The fourth-order valence-corrected chi connectivity index (χ4v) is 4.54. The van der Waals surface area contributed by atoms with E-state index in [-0.39, 0.29) is 11.8 Å². The van der Waals surface area contributed by atoms with Gasteiger partial charge in [0.05, 0.1) is 13.2 Å². The van der Waals surface area contributed by atoms with Gasteiger partial charge in [0, 0.05) is 39.9 Å². The molecule has 1 atom stereocenters. The Labute approximate surface area is 189 Å². The van der Waals surface area contributed by atoms with E-state index in [0.717, 1.165) is 27.7 Å². The number of carbonyl (C=O) groups is 1. The van der Waals surface area contributed by atoms with Crippen LogP contribution >= 0.6 is 11.6 Å². The molecular formula is C25H21ClFN3O2. The summed E-state index contributed by atoms with van der Waals surface area (Å²) in [4.78, 5) is 18.6. The molecule has 0 unspecified atom stereocenters. The maximum atomic E-state index is 13.6. The molecule has 7 heteroatoms. The van der Waals surface area contributed by atoms with Gasteiger partial charge < -0.3 is 19.9 Å². The van der Waals surface area contributed by atoms with Gasteiger partial charge in [0.2, 0.25) is 0 Å².